The van der Waals surface area contributed by atoms with E-state index in [0.717, 1.165) is 12.8 Å². The molecular weight excluding hydrogens is 362 g/mol. The van der Waals surface area contributed by atoms with Gasteiger partial charge in [0.1, 0.15) is 0 Å². The van der Waals surface area contributed by atoms with Gasteiger partial charge in [0, 0.05) is 0 Å². The van der Waals surface area contributed by atoms with Crippen LogP contribution in [0.2, 0.25) is 0 Å². The van der Waals surface area contributed by atoms with Gasteiger partial charge >= 0.3 is 0 Å². The zero-order chi connectivity index (χ0) is 21.6. The molecule has 4 rings (SSSR count). The Bertz CT molecular complexity index is 1010. The number of hydrogen-bond donors (Lipinski definition) is 1. The molecule has 0 aromatic heterocycles. The normalized spacial score (nSPS) is 16.9. The summed E-state index contributed by atoms with van der Waals surface area (Å²) in [6, 6.07) is 24.5. The molecule has 0 bridgehead atoms. The molecule has 30 heavy (non-hydrogen) atoms. The van der Waals surface area contributed by atoms with Crippen LogP contribution >= 0.6 is 0 Å². The second kappa shape index (κ2) is 9.63. The van der Waals surface area contributed by atoms with Crippen LogP contribution < -0.4 is 5.73 Å². The smallest absolute Gasteiger partial charge is 0.00995 e. The quantitative estimate of drug-likeness (QED) is 0.494. The van der Waals surface area contributed by atoms with Gasteiger partial charge < -0.3 is 5.73 Å². The van der Waals surface area contributed by atoms with Crippen LogP contribution in [-0.2, 0) is 12.8 Å². The molecule has 0 spiro atoms. The van der Waals surface area contributed by atoms with Crippen molar-refractivity contribution in [2.24, 2.45) is 11.1 Å². The van der Waals surface area contributed by atoms with Crippen molar-refractivity contribution in [2.75, 3.05) is 0 Å². The fourth-order valence-electron chi connectivity index (χ4n) is 4.17. The minimum atomic E-state index is 0.237. The number of benzene rings is 3. The van der Waals surface area contributed by atoms with E-state index in [0.29, 0.717) is 0 Å². The summed E-state index contributed by atoms with van der Waals surface area (Å²) < 4.78 is 0. The first-order valence-corrected chi connectivity index (χ1v) is 10.7. The van der Waals surface area contributed by atoms with Gasteiger partial charge in [0.25, 0.3) is 0 Å². The Labute approximate surface area is 182 Å². The molecule has 2 N–H and O–H groups in total. The zero-order valence-electron chi connectivity index (χ0n) is 18.5. The van der Waals surface area contributed by atoms with E-state index in [1.165, 1.54) is 51.6 Å². The Morgan fingerprint density at radius 1 is 1.00 bits per heavy atom. The molecule has 154 valence electrons. The first-order valence-electron chi connectivity index (χ1n) is 10.7. The van der Waals surface area contributed by atoms with Crippen LogP contribution in [0.15, 0.2) is 85.6 Å². The van der Waals surface area contributed by atoms with Crippen molar-refractivity contribution in [3.63, 3.8) is 0 Å². The Morgan fingerprint density at radius 3 is 2.33 bits per heavy atom. The van der Waals surface area contributed by atoms with E-state index in [9.17, 15) is 0 Å². The number of rotatable bonds is 4. The third kappa shape index (κ3) is 5.30. The number of allylic oxidation sites excluding steroid dienone is 1. The third-order valence-electron chi connectivity index (χ3n) is 5.94. The minimum absolute atomic E-state index is 0.237. The molecule has 1 unspecified atom stereocenters. The zero-order valence-corrected chi connectivity index (χ0v) is 18.5. The van der Waals surface area contributed by atoms with Crippen LogP contribution in [-0.4, -0.2) is 0 Å². The lowest BCUT2D eigenvalue weighted by molar-refractivity contribution is 0.387. The van der Waals surface area contributed by atoms with Crippen LogP contribution in [0.5, 0.6) is 0 Å². The molecule has 1 aliphatic carbocycles. The van der Waals surface area contributed by atoms with Crippen molar-refractivity contribution in [1.82, 2.24) is 0 Å². The van der Waals surface area contributed by atoms with E-state index in [1.807, 2.05) is 0 Å². The molecule has 3 aromatic carbocycles. The first-order chi connectivity index (χ1) is 14.4. The van der Waals surface area contributed by atoms with Crippen LogP contribution in [0.3, 0.4) is 0 Å². The van der Waals surface area contributed by atoms with E-state index in [-0.39, 0.29) is 5.41 Å². The molecule has 0 saturated carbocycles. The van der Waals surface area contributed by atoms with Crippen LogP contribution in [0.4, 0.5) is 0 Å². The highest BCUT2D eigenvalue weighted by Crippen LogP contribution is 2.38. The summed E-state index contributed by atoms with van der Waals surface area (Å²) in [7, 11) is 0. The van der Waals surface area contributed by atoms with Crippen LogP contribution in [0, 0.1) is 19.3 Å². The summed E-state index contributed by atoms with van der Waals surface area (Å²) in [5.41, 5.74) is 14.5. The van der Waals surface area contributed by atoms with Crippen molar-refractivity contribution in [3.8, 4) is 11.1 Å². The molecule has 0 fully saturated rings. The Morgan fingerprint density at radius 2 is 1.67 bits per heavy atom. The van der Waals surface area contributed by atoms with Gasteiger partial charge in [-0.3, -0.25) is 0 Å². The Hall–Kier alpha value is -3.06. The molecule has 1 heteroatoms. The molecule has 0 amide bonds. The Balaban J connectivity index is 0.000000806. The molecule has 0 radical (unpaired) electrons. The summed E-state index contributed by atoms with van der Waals surface area (Å²) in [5.74, 6) is 0. The molecule has 0 saturated heterocycles. The van der Waals surface area contributed by atoms with Crippen molar-refractivity contribution < 1.29 is 0 Å². The lowest BCUT2D eigenvalue weighted by atomic mass is 9.73. The second-order valence-corrected chi connectivity index (χ2v) is 8.62. The standard InChI is InChI=1S/C27H28.C2H5N/c1-20-9-11-23(12-10-20)26-18-24-14-16-27(3,19-25(24)17-21(26)2)15-13-22-7-5-4-6-8-22;1-2-3/h4-12,14,16-18H,13,15,19H2,1-3H3;2H,1,3H2. The fraction of sp³-hybridized carbons (Fsp3) is 0.241. The summed E-state index contributed by atoms with van der Waals surface area (Å²) in [6.45, 7) is 9.93. The van der Waals surface area contributed by atoms with E-state index in [4.69, 9.17) is 0 Å². The van der Waals surface area contributed by atoms with Crippen molar-refractivity contribution in [3.05, 3.63) is 113 Å². The molecule has 0 heterocycles. The van der Waals surface area contributed by atoms with Gasteiger partial charge in [0.2, 0.25) is 0 Å². The lowest BCUT2D eigenvalue weighted by Crippen LogP contribution is -2.21. The maximum atomic E-state index is 4.61. The topological polar surface area (TPSA) is 26.0 Å². The van der Waals surface area contributed by atoms with E-state index < -0.39 is 0 Å². The highest BCUT2D eigenvalue weighted by molar-refractivity contribution is 5.73. The van der Waals surface area contributed by atoms with E-state index >= 15 is 0 Å². The SMILES string of the molecule is C=CN.Cc1ccc(-c2cc3c(cc2C)CC(C)(CCc2ccccc2)C=C3)cc1. The van der Waals surface area contributed by atoms with Gasteiger partial charge in [-0.25, -0.2) is 0 Å². The summed E-state index contributed by atoms with van der Waals surface area (Å²) in [5, 5.41) is 0. The molecule has 1 aliphatic rings. The van der Waals surface area contributed by atoms with Gasteiger partial charge in [0.15, 0.2) is 0 Å². The monoisotopic (exact) mass is 395 g/mol. The molecule has 1 atom stereocenters. The average molecular weight is 396 g/mol. The molecule has 3 aromatic rings. The van der Waals surface area contributed by atoms with Crippen LogP contribution in [0.25, 0.3) is 17.2 Å². The predicted molar refractivity (Wildman–Crippen MR) is 131 cm³/mol. The minimum Gasteiger partial charge on any atom is -0.405 e. The van der Waals surface area contributed by atoms with Gasteiger partial charge in [-0.05, 0) is 84.2 Å². The van der Waals surface area contributed by atoms with Gasteiger partial charge in [-0.2, -0.15) is 0 Å². The highest BCUT2D eigenvalue weighted by Gasteiger charge is 2.26. The lowest BCUT2D eigenvalue weighted by Gasteiger charge is -2.31. The average Bonchev–Trinajstić information content (AvgIpc) is 2.74. The van der Waals surface area contributed by atoms with E-state index in [1.54, 1.807) is 0 Å². The van der Waals surface area contributed by atoms with Gasteiger partial charge in [-0.15, -0.1) is 0 Å². The summed E-state index contributed by atoms with van der Waals surface area (Å²) in [4.78, 5) is 0. The van der Waals surface area contributed by atoms with Crippen molar-refractivity contribution in [1.29, 1.82) is 0 Å². The number of aryl methyl sites for hydroxylation is 3. The molecule has 0 aliphatic heterocycles. The Kier molecular flexibility index (Phi) is 6.95. The van der Waals surface area contributed by atoms with E-state index in [2.05, 4.69) is 112 Å². The van der Waals surface area contributed by atoms with Gasteiger partial charge in [-0.1, -0.05) is 91.9 Å². The number of nitrogens with two attached hydrogens (primary N) is 1. The molecular formula is C29H33N. The fourth-order valence-corrected chi connectivity index (χ4v) is 4.17. The second-order valence-electron chi connectivity index (χ2n) is 8.62. The van der Waals surface area contributed by atoms with Crippen LogP contribution in [0.1, 0.15) is 41.2 Å². The predicted octanol–water partition coefficient (Wildman–Crippen LogP) is 7.27. The number of hydrogen-bond acceptors (Lipinski definition) is 1. The highest BCUT2D eigenvalue weighted by atomic mass is 14.5. The first kappa shape index (κ1) is 21.6. The maximum absolute atomic E-state index is 4.61. The third-order valence-corrected chi connectivity index (χ3v) is 5.94. The summed E-state index contributed by atoms with van der Waals surface area (Å²) >= 11 is 0. The molecule has 1 nitrogen and oxygen atoms in total. The van der Waals surface area contributed by atoms with Crippen molar-refractivity contribution in [2.45, 2.75) is 40.0 Å². The van der Waals surface area contributed by atoms with Gasteiger partial charge in [0.05, 0.1) is 0 Å². The van der Waals surface area contributed by atoms with Crippen molar-refractivity contribution >= 4 is 6.08 Å². The largest absolute Gasteiger partial charge is 0.405 e. The number of fused-ring (bicyclic) bond motifs is 1. The summed E-state index contributed by atoms with van der Waals surface area (Å²) in [6.07, 6.45) is 9.48. The maximum Gasteiger partial charge on any atom is -0.00995 e.